The van der Waals surface area contributed by atoms with Crippen molar-refractivity contribution in [3.8, 4) is 5.75 Å². The fourth-order valence-corrected chi connectivity index (χ4v) is 4.38. The number of aromatic nitrogens is 3. The molecule has 7 heteroatoms. The quantitative estimate of drug-likeness (QED) is 0.688. The number of hydrogen-bond acceptors (Lipinski definition) is 6. The van der Waals surface area contributed by atoms with E-state index in [1.165, 1.54) is 0 Å². The second-order valence-corrected chi connectivity index (χ2v) is 8.19. The Balaban J connectivity index is 1.77. The lowest BCUT2D eigenvalue weighted by Crippen LogP contribution is -2.31. The number of hydrogen-bond donors (Lipinski definition) is 1. The number of fused-ring (bicyclic) bond motifs is 1. The Labute approximate surface area is 169 Å². The van der Waals surface area contributed by atoms with E-state index in [4.69, 9.17) is 9.84 Å². The molecule has 148 valence electrons. The Kier molecular flexibility index (Phi) is 5.71. The van der Waals surface area contributed by atoms with E-state index in [-0.39, 0.29) is 11.8 Å². The number of thioether (sulfide) groups is 1. The van der Waals surface area contributed by atoms with Gasteiger partial charge >= 0.3 is 0 Å². The second kappa shape index (κ2) is 8.39. The number of ether oxygens (including phenoxy) is 1. The van der Waals surface area contributed by atoms with Crippen molar-refractivity contribution in [3.05, 3.63) is 41.1 Å². The Morgan fingerprint density at radius 3 is 3.00 bits per heavy atom. The molecule has 0 radical (unpaired) electrons. The number of carbonyl (C=O) groups is 1. The third kappa shape index (κ3) is 3.68. The summed E-state index contributed by atoms with van der Waals surface area (Å²) in [6, 6.07) is 7.77. The SMILES string of the molecule is CCCOc1cccc(C2C3=C(CCCC3=O)Nc3nc(SCCC)nn32)c1. The molecule has 4 rings (SSSR count). The summed E-state index contributed by atoms with van der Waals surface area (Å²) in [6.07, 6.45) is 4.35. The molecule has 1 aromatic heterocycles. The van der Waals surface area contributed by atoms with E-state index in [0.717, 1.165) is 65.1 Å². The number of allylic oxidation sites excluding steroid dienone is 2. The van der Waals surface area contributed by atoms with Crippen molar-refractivity contribution in [2.75, 3.05) is 17.7 Å². The zero-order chi connectivity index (χ0) is 19.5. The van der Waals surface area contributed by atoms with E-state index in [0.29, 0.717) is 13.0 Å². The molecule has 0 spiro atoms. The van der Waals surface area contributed by atoms with Gasteiger partial charge in [-0.15, -0.1) is 5.10 Å². The lowest BCUT2D eigenvalue weighted by atomic mass is 9.85. The number of nitrogens with zero attached hydrogens (tertiary/aromatic N) is 3. The van der Waals surface area contributed by atoms with Crippen LogP contribution in [0, 0.1) is 0 Å². The Morgan fingerprint density at radius 2 is 2.18 bits per heavy atom. The van der Waals surface area contributed by atoms with Gasteiger partial charge in [-0.1, -0.05) is 37.7 Å². The van der Waals surface area contributed by atoms with Gasteiger partial charge < -0.3 is 10.1 Å². The third-order valence-corrected chi connectivity index (χ3v) is 5.97. The number of Topliss-reactive ketones (excluding diaryl/α,β-unsaturated/α-hetero) is 1. The summed E-state index contributed by atoms with van der Waals surface area (Å²) in [7, 11) is 0. The zero-order valence-electron chi connectivity index (χ0n) is 16.4. The van der Waals surface area contributed by atoms with E-state index in [1.54, 1.807) is 11.8 Å². The van der Waals surface area contributed by atoms with Crippen molar-refractivity contribution in [2.24, 2.45) is 0 Å². The van der Waals surface area contributed by atoms with Gasteiger partial charge in [0.15, 0.2) is 5.78 Å². The van der Waals surface area contributed by atoms with E-state index < -0.39 is 0 Å². The van der Waals surface area contributed by atoms with Gasteiger partial charge in [-0.25, -0.2) is 4.68 Å². The van der Waals surface area contributed by atoms with Crippen LogP contribution in [0.3, 0.4) is 0 Å². The van der Waals surface area contributed by atoms with Crippen molar-refractivity contribution in [1.29, 1.82) is 0 Å². The second-order valence-electron chi connectivity index (χ2n) is 7.13. The molecule has 0 bridgehead atoms. The highest BCUT2D eigenvalue weighted by Crippen LogP contribution is 2.41. The topological polar surface area (TPSA) is 69.0 Å². The number of carbonyl (C=O) groups excluding carboxylic acids is 1. The van der Waals surface area contributed by atoms with Gasteiger partial charge in [-0.3, -0.25) is 4.79 Å². The third-order valence-electron chi connectivity index (χ3n) is 4.93. The summed E-state index contributed by atoms with van der Waals surface area (Å²) < 4.78 is 7.70. The molecule has 6 nitrogen and oxygen atoms in total. The first kappa shape index (κ1) is 19.1. The molecule has 2 heterocycles. The van der Waals surface area contributed by atoms with Crippen LogP contribution in [0.1, 0.15) is 57.6 Å². The molecule has 2 aliphatic rings. The molecule has 0 amide bonds. The standard InChI is InChI=1S/C21H26N4O2S/c1-3-11-27-15-8-5-7-14(13-15)19-18-16(9-6-10-17(18)26)22-20-23-21(24-25(19)20)28-12-4-2/h5,7-8,13,19H,3-4,6,9-12H2,1-2H3,(H,22,23,24). The van der Waals surface area contributed by atoms with E-state index >= 15 is 0 Å². The van der Waals surface area contributed by atoms with Crippen LogP contribution in [0.5, 0.6) is 5.75 Å². The molecule has 1 aliphatic heterocycles. The monoisotopic (exact) mass is 398 g/mol. The predicted octanol–water partition coefficient (Wildman–Crippen LogP) is 4.59. The first-order valence-electron chi connectivity index (χ1n) is 10.1. The number of benzene rings is 1. The fraction of sp³-hybridized carbons (Fsp3) is 0.476. The van der Waals surface area contributed by atoms with Crippen LogP contribution in [0.4, 0.5) is 5.95 Å². The van der Waals surface area contributed by atoms with Gasteiger partial charge in [-0.05, 0) is 43.4 Å². The lowest BCUT2D eigenvalue weighted by Gasteiger charge is -2.32. The molecule has 0 fully saturated rings. The molecule has 1 N–H and O–H groups in total. The number of rotatable bonds is 7. The van der Waals surface area contributed by atoms with Crippen LogP contribution >= 0.6 is 11.8 Å². The number of ketones is 1. The summed E-state index contributed by atoms with van der Waals surface area (Å²) in [6.45, 7) is 4.91. The number of nitrogens with one attached hydrogen (secondary N) is 1. The van der Waals surface area contributed by atoms with E-state index in [2.05, 4.69) is 24.1 Å². The molecule has 0 saturated carbocycles. The Hall–Kier alpha value is -2.28. The zero-order valence-corrected chi connectivity index (χ0v) is 17.2. The maximum atomic E-state index is 12.9. The van der Waals surface area contributed by atoms with Gasteiger partial charge in [0.25, 0.3) is 0 Å². The van der Waals surface area contributed by atoms with Gasteiger partial charge in [0, 0.05) is 23.4 Å². The van der Waals surface area contributed by atoms with Crippen LogP contribution in [0.25, 0.3) is 0 Å². The average molecular weight is 399 g/mol. The molecular formula is C21H26N4O2S. The maximum Gasteiger partial charge on any atom is 0.227 e. The van der Waals surface area contributed by atoms with Crippen molar-refractivity contribution in [3.63, 3.8) is 0 Å². The van der Waals surface area contributed by atoms with Crippen LogP contribution in [-0.2, 0) is 4.79 Å². The highest BCUT2D eigenvalue weighted by Gasteiger charge is 2.36. The number of anilines is 1. The van der Waals surface area contributed by atoms with Crippen LogP contribution < -0.4 is 10.1 Å². The van der Waals surface area contributed by atoms with Crippen molar-refractivity contribution in [1.82, 2.24) is 14.8 Å². The van der Waals surface area contributed by atoms with Gasteiger partial charge in [-0.2, -0.15) is 4.98 Å². The minimum Gasteiger partial charge on any atom is -0.494 e. The largest absolute Gasteiger partial charge is 0.494 e. The summed E-state index contributed by atoms with van der Waals surface area (Å²) in [5, 5.41) is 8.87. The summed E-state index contributed by atoms with van der Waals surface area (Å²) >= 11 is 1.65. The Morgan fingerprint density at radius 1 is 1.29 bits per heavy atom. The minimum absolute atomic E-state index is 0.197. The van der Waals surface area contributed by atoms with Gasteiger partial charge in [0.2, 0.25) is 11.1 Å². The van der Waals surface area contributed by atoms with Crippen LogP contribution in [0.2, 0.25) is 0 Å². The molecule has 1 aromatic carbocycles. The fourth-order valence-electron chi connectivity index (χ4n) is 3.69. The molecule has 1 aliphatic carbocycles. The predicted molar refractivity (Wildman–Crippen MR) is 111 cm³/mol. The lowest BCUT2D eigenvalue weighted by molar-refractivity contribution is -0.116. The van der Waals surface area contributed by atoms with Crippen molar-refractivity contribution < 1.29 is 9.53 Å². The summed E-state index contributed by atoms with van der Waals surface area (Å²) in [5.74, 6) is 2.71. The smallest absolute Gasteiger partial charge is 0.227 e. The molecule has 1 atom stereocenters. The molecule has 0 saturated heterocycles. The van der Waals surface area contributed by atoms with Crippen molar-refractivity contribution in [2.45, 2.75) is 57.1 Å². The Bertz CT molecular complexity index is 906. The van der Waals surface area contributed by atoms with Crippen molar-refractivity contribution >= 4 is 23.5 Å². The van der Waals surface area contributed by atoms with Crippen LogP contribution in [0.15, 0.2) is 40.7 Å². The minimum atomic E-state index is -0.257. The molecule has 1 unspecified atom stereocenters. The van der Waals surface area contributed by atoms with Gasteiger partial charge in [0.05, 0.1) is 6.61 Å². The van der Waals surface area contributed by atoms with E-state index in [9.17, 15) is 4.79 Å². The molecular weight excluding hydrogens is 372 g/mol. The summed E-state index contributed by atoms with van der Waals surface area (Å²) in [5.41, 5.74) is 2.83. The van der Waals surface area contributed by atoms with Crippen LogP contribution in [-0.4, -0.2) is 32.9 Å². The van der Waals surface area contributed by atoms with Gasteiger partial charge in [0.1, 0.15) is 11.8 Å². The molecule has 2 aromatic rings. The normalized spacial score (nSPS) is 18.5. The highest BCUT2D eigenvalue weighted by atomic mass is 32.2. The average Bonchev–Trinajstić information content (AvgIpc) is 3.12. The molecule has 28 heavy (non-hydrogen) atoms. The first-order valence-corrected chi connectivity index (χ1v) is 11.0. The first-order chi connectivity index (χ1) is 13.7. The maximum absolute atomic E-state index is 12.9. The van der Waals surface area contributed by atoms with E-state index in [1.807, 2.05) is 28.9 Å². The highest BCUT2D eigenvalue weighted by molar-refractivity contribution is 7.99. The summed E-state index contributed by atoms with van der Waals surface area (Å²) in [4.78, 5) is 17.5.